The van der Waals surface area contributed by atoms with Crippen LogP contribution in [0.15, 0.2) is 18.3 Å². The number of nitrogens with zero attached hydrogens (tertiary/aromatic N) is 1. The van der Waals surface area contributed by atoms with Crippen LogP contribution in [0.3, 0.4) is 0 Å². The lowest BCUT2D eigenvalue weighted by Gasteiger charge is -2.18. The van der Waals surface area contributed by atoms with E-state index in [4.69, 9.17) is 9.47 Å². The zero-order valence-corrected chi connectivity index (χ0v) is 15.6. The summed E-state index contributed by atoms with van der Waals surface area (Å²) in [6.07, 6.45) is 6.50. The first kappa shape index (κ1) is 18.4. The van der Waals surface area contributed by atoms with E-state index in [1.807, 2.05) is 6.07 Å². The standard InChI is InChI=1S/C20H27N3O4/c1-2-3-4-12-5-8-14(21-9-12)20(25)23-16-11-27-17-15(10-26-18(16)17)22-19(24)13-6-7-13/h5,8-9,13,15-18H,2-4,6-7,10-11H2,1H3,(H,22,24)(H,23,25). The number of rotatable bonds is 7. The van der Waals surface area contributed by atoms with Gasteiger partial charge in [-0.3, -0.25) is 14.6 Å². The van der Waals surface area contributed by atoms with Crippen LogP contribution < -0.4 is 10.6 Å². The van der Waals surface area contributed by atoms with Crippen LogP contribution in [0.2, 0.25) is 0 Å². The highest BCUT2D eigenvalue weighted by Gasteiger charge is 2.49. The van der Waals surface area contributed by atoms with Crippen molar-refractivity contribution in [3.63, 3.8) is 0 Å². The predicted molar refractivity (Wildman–Crippen MR) is 98.2 cm³/mol. The Bertz CT molecular complexity index is 689. The molecule has 27 heavy (non-hydrogen) atoms. The third-order valence-electron chi connectivity index (χ3n) is 5.52. The smallest absolute Gasteiger partial charge is 0.270 e. The number of amides is 2. The van der Waals surface area contributed by atoms with Gasteiger partial charge in [-0.25, -0.2) is 0 Å². The van der Waals surface area contributed by atoms with Gasteiger partial charge >= 0.3 is 0 Å². The van der Waals surface area contributed by atoms with Crippen molar-refractivity contribution in [1.29, 1.82) is 0 Å². The normalized spacial score (nSPS) is 29.4. The summed E-state index contributed by atoms with van der Waals surface area (Å²) < 4.78 is 11.7. The molecular weight excluding hydrogens is 346 g/mol. The summed E-state index contributed by atoms with van der Waals surface area (Å²) in [5, 5.41) is 6.00. The molecule has 2 N–H and O–H groups in total. The van der Waals surface area contributed by atoms with Gasteiger partial charge in [0.2, 0.25) is 5.91 Å². The fraction of sp³-hybridized carbons (Fsp3) is 0.650. The van der Waals surface area contributed by atoms with E-state index in [1.54, 1.807) is 12.3 Å². The van der Waals surface area contributed by atoms with Crippen LogP contribution >= 0.6 is 0 Å². The van der Waals surface area contributed by atoms with Crippen molar-refractivity contribution in [3.8, 4) is 0 Å². The highest BCUT2D eigenvalue weighted by atomic mass is 16.6. The summed E-state index contributed by atoms with van der Waals surface area (Å²) in [6, 6.07) is 3.36. The van der Waals surface area contributed by atoms with Crippen molar-refractivity contribution in [2.75, 3.05) is 13.2 Å². The van der Waals surface area contributed by atoms with E-state index in [9.17, 15) is 9.59 Å². The van der Waals surface area contributed by atoms with Crippen LogP contribution in [0.5, 0.6) is 0 Å². The summed E-state index contributed by atoms with van der Waals surface area (Å²) in [7, 11) is 0. The molecule has 3 fully saturated rings. The lowest BCUT2D eigenvalue weighted by molar-refractivity contribution is -0.123. The minimum atomic E-state index is -0.234. The molecule has 3 aliphatic rings. The quantitative estimate of drug-likeness (QED) is 0.750. The molecule has 2 amide bonds. The molecule has 146 valence electrons. The molecule has 4 unspecified atom stereocenters. The summed E-state index contributed by atoms with van der Waals surface area (Å²) in [6.45, 7) is 2.95. The number of pyridine rings is 1. The molecule has 4 atom stereocenters. The SMILES string of the molecule is CCCCc1ccc(C(=O)NC2COC3C(NC(=O)C4CC4)COC23)nc1. The van der Waals surface area contributed by atoms with Gasteiger partial charge in [-0.15, -0.1) is 0 Å². The Labute approximate surface area is 159 Å². The molecule has 4 rings (SSSR count). The fourth-order valence-corrected chi connectivity index (χ4v) is 3.72. The maximum atomic E-state index is 12.5. The Kier molecular flexibility index (Phi) is 5.41. The van der Waals surface area contributed by atoms with E-state index in [-0.39, 0.29) is 42.0 Å². The molecule has 1 aromatic heterocycles. The second-order valence-corrected chi connectivity index (χ2v) is 7.72. The Morgan fingerprint density at radius 2 is 1.81 bits per heavy atom. The summed E-state index contributed by atoms with van der Waals surface area (Å²) >= 11 is 0. The second kappa shape index (κ2) is 7.94. The van der Waals surface area contributed by atoms with Gasteiger partial charge in [-0.1, -0.05) is 19.4 Å². The Morgan fingerprint density at radius 3 is 2.41 bits per heavy atom. The van der Waals surface area contributed by atoms with E-state index >= 15 is 0 Å². The first-order chi connectivity index (χ1) is 13.2. The van der Waals surface area contributed by atoms with Gasteiger partial charge in [0.05, 0.1) is 25.3 Å². The highest BCUT2D eigenvalue weighted by Crippen LogP contribution is 2.31. The van der Waals surface area contributed by atoms with Gasteiger partial charge in [-0.2, -0.15) is 0 Å². The van der Waals surface area contributed by atoms with Crippen molar-refractivity contribution < 1.29 is 19.1 Å². The number of unbranched alkanes of at least 4 members (excludes halogenated alkanes) is 1. The summed E-state index contributed by atoms with van der Waals surface area (Å²) in [5.74, 6) is 0.0281. The first-order valence-corrected chi connectivity index (χ1v) is 9.95. The molecular formula is C20H27N3O4. The monoisotopic (exact) mass is 373 g/mol. The number of hydrogen-bond donors (Lipinski definition) is 2. The van der Waals surface area contributed by atoms with Crippen LogP contribution in [0.1, 0.15) is 48.7 Å². The maximum absolute atomic E-state index is 12.5. The molecule has 0 bridgehead atoms. The number of carbonyl (C=O) groups excluding carboxylic acids is 2. The molecule has 7 heteroatoms. The van der Waals surface area contributed by atoms with E-state index in [0.717, 1.165) is 37.7 Å². The van der Waals surface area contributed by atoms with E-state index in [0.29, 0.717) is 18.9 Å². The van der Waals surface area contributed by atoms with Crippen molar-refractivity contribution in [2.45, 2.75) is 63.3 Å². The predicted octanol–water partition coefficient (Wildman–Crippen LogP) is 1.22. The van der Waals surface area contributed by atoms with E-state index in [2.05, 4.69) is 22.5 Å². The fourth-order valence-electron chi connectivity index (χ4n) is 3.72. The Morgan fingerprint density at radius 1 is 1.11 bits per heavy atom. The van der Waals surface area contributed by atoms with Crippen LogP contribution in [0.25, 0.3) is 0 Å². The Hall–Kier alpha value is -1.99. The molecule has 0 radical (unpaired) electrons. The Balaban J connectivity index is 1.31. The van der Waals surface area contributed by atoms with Gasteiger partial charge in [-0.05, 0) is 37.3 Å². The van der Waals surface area contributed by atoms with Gasteiger partial charge in [0, 0.05) is 12.1 Å². The van der Waals surface area contributed by atoms with Crippen LogP contribution in [0, 0.1) is 5.92 Å². The van der Waals surface area contributed by atoms with E-state index < -0.39 is 0 Å². The molecule has 0 aromatic carbocycles. The number of aromatic nitrogens is 1. The number of aryl methyl sites for hydroxylation is 1. The lowest BCUT2D eigenvalue weighted by atomic mass is 10.1. The average Bonchev–Trinajstić information content (AvgIpc) is 3.36. The van der Waals surface area contributed by atoms with Gasteiger partial charge < -0.3 is 20.1 Å². The average molecular weight is 373 g/mol. The largest absolute Gasteiger partial charge is 0.371 e. The van der Waals surface area contributed by atoms with Crippen molar-refractivity contribution in [3.05, 3.63) is 29.6 Å². The molecule has 1 aliphatic carbocycles. The zero-order valence-electron chi connectivity index (χ0n) is 15.6. The van der Waals surface area contributed by atoms with Gasteiger partial charge in [0.15, 0.2) is 0 Å². The molecule has 3 heterocycles. The number of carbonyl (C=O) groups is 2. The molecule has 1 aromatic rings. The summed E-state index contributed by atoms with van der Waals surface area (Å²) in [4.78, 5) is 28.8. The second-order valence-electron chi connectivity index (χ2n) is 7.72. The molecule has 2 saturated heterocycles. The van der Waals surface area contributed by atoms with Crippen molar-refractivity contribution in [1.82, 2.24) is 15.6 Å². The van der Waals surface area contributed by atoms with E-state index in [1.165, 1.54) is 0 Å². The third kappa shape index (κ3) is 4.14. The topological polar surface area (TPSA) is 89.6 Å². The number of ether oxygens (including phenoxy) is 2. The lowest BCUT2D eigenvalue weighted by Crippen LogP contribution is -2.47. The first-order valence-electron chi connectivity index (χ1n) is 9.95. The van der Waals surface area contributed by atoms with Gasteiger partial charge in [0.1, 0.15) is 17.9 Å². The van der Waals surface area contributed by atoms with Gasteiger partial charge in [0.25, 0.3) is 5.91 Å². The minimum absolute atomic E-state index is 0.0905. The van der Waals surface area contributed by atoms with Crippen LogP contribution in [0.4, 0.5) is 0 Å². The van der Waals surface area contributed by atoms with Crippen molar-refractivity contribution >= 4 is 11.8 Å². The van der Waals surface area contributed by atoms with Crippen LogP contribution in [-0.2, 0) is 20.7 Å². The minimum Gasteiger partial charge on any atom is -0.371 e. The zero-order chi connectivity index (χ0) is 18.8. The number of nitrogens with one attached hydrogen (secondary N) is 2. The molecule has 7 nitrogen and oxygen atoms in total. The van der Waals surface area contributed by atoms with Crippen molar-refractivity contribution in [2.24, 2.45) is 5.92 Å². The summed E-state index contributed by atoms with van der Waals surface area (Å²) in [5.41, 5.74) is 1.54. The highest BCUT2D eigenvalue weighted by molar-refractivity contribution is 5.92. The molecule has 2 aliphatic heterocycles. The number of hydrogen-bond acceptors (Lipinski definition) is 5. The number of fused-ring (bicyclic) bond motifs is 1. The van der Waals surface area contributed by atoms with Crippen LogP contribution in [-0.4, -0.2) is 54.3 Å². The molecule has 1 saturated carbocycles. The third-order valence-corrected chi connectivity index (χ3v) is 5.52. The maximum Gasteiger partial charge on any atom is 0.270 e. The molecule has 0 spiro atoms.